The Kier molecular flexibility index (Phi) is 3.47. The summed E-state index contributed by atoms with van der Waals surface area (Å²) in [5.41, 5.74) is 8.01. The number of nitriles is 1. The number of halogens is 1. The monoisotopic (exact) mass is 238 g/mol. The highest BCUT2D eigenvalue weighted by atomic mass is 79.9. The molecule has 0 saturated carbocycles. The predicted molar refractivity (Wildman–Crippen MR) is 56.0 cm³/mol. The third-order valence-corrected chi connectivity index (χ3v) is 2.64. The molecule has 0 heterocycles. The molecule has 0 aliphatic carbocycles. The average molecular weight is 239 g/mol. The lowest BCUT2D eigenvalue weighted by Gasteiger charge is -2.13. The van der Waals surface area contributed by atoms with E-state index in [0.717, 1.165) is 15.6 Å². The van der Waals surface area contributed by atoms with Crippen LogP contribution in [0.5, 0.6) is 0 Å². The Hall–Kier alpha value is -0.850. The normalized spacial score (nSPS) is 12.2. The first-order chi connectivity index (χ1) is 6.16. The molecule has 68 valence electrons. The van der Waals surface area contributed by atoms with Gasteiger partial charge in [0.15, 0.2) is 0 Å². The van der Waals surface area contributed by atoms with Crippen molar-refractivity contribution in [2.45, 2.75) is 19.4 Å². The van der Waals surface area contributed by atoms with E-state index in [1.165, 1.54) is 0 Å². The summed E-state index contributed by atoms with van der Waals surface area (Å²) in [7, 11) is 0. The van der Waals surface area contributed by atoms with Crippen LogP contribution in [0, 0.1) is 18.3 Å². The van der Waals surface area contributed by atoms with Crippen LogP contribution in [0.4, 0.5) is 0 Å². The number of rotatable bonds is 2. The Labute approximate surface area is 86.5 Å². The minimum absolute atomic E-state index is 0.194. The molecule has 1 atom stereocenters. The largest absolute Gasteiger partial charge is 0.323 e. The standard InChI is InChI=1S/C10H11BrN2/c1-7-3-2-4-8(11)10(7)9(13)5-6-12/h2-4,9H,5,13H2,1H3/t9-/m1/s1. The van der Waals surface area contributed by atoms with E-state index < -0.39 is 0 Å². The summed E-state index contributed by atoms with van der Waals surface area (Å²) in [5.74, 6) is 0. The van der Waals surface area contributed by atoms with Crippen LogP contribution >= 0.6 is 15.9 Å². The van der Waals surface area contributed by atoms with E-state index in [1.807, 2.05) is 25.1 Å². The molecule has 1 aromatic rings. The molecule has 3 heteroatoms. The van der Waals surface area contributed by atoms with E-state index in [-0.39, 0.29) is 6.04 Å². The van der Waals surface area contributed by atoms with Crippen LogP contribution in [-0.2, 0) is 0 Å². The summed E-state index contributed by atoms with van der Waals surface area (Å²) in [6.45, 7) is 2.00. The first-order valence-corrected chi connectivity index (χ1v) is 4.83. The number of nitrogens with two attached hydrogens (primary N) is 1. The highest BCUT2D eigenvalue weighted by Gasteiger charge is 2.11. The van der Waals surface area contributed by atoms with Crippen molar-refractivity contribution < 1.29 is 0 Å². The van der Waals surface area contributed by atoms with Crippen molar-refractivity contribution in [2.24, 2.45) is 5.73 Å². The summed E-state index contributed by atoms with van der Waals surface area (Å²) in [6.07, 6.45) is 0.351. The number of benzene rings is 1. The summed E-state index contributed by atoms with van der Waals surface area (Å²) in [4.78, 5) is 0. The van der Waals surface area contributed by atoms with E-state index in [2.05, 4.69) is 22.0 Å². The molecular weight excluding hydrogens is 228 g/mol. The van der Waals surface area contributed by atoms with Crippen LogP contribution < -0.4 is 5.73 Å². The fourth-order valence-electron chi connectivity index (χ4n) is 1.31. The minimum Gasteiger partial charge on any atom is -0.323 e. The lowest BCUT2D eigenvalue weighted by Crippen LogP contribution is -2.11. The van der Waals surface area contributed by atoms with Gasteiger partial charge in [-0.05, 0) is 24.1 Å². The molecule has 0 unspecified atom stereocenters. The maximum absolute atomic E-state index is 8.53. The van der Waals surface area contributed by atoms with E-state index >= 15 is 0 Å². The molecule has 0 aromatic heterocycles. The SMILES string of the molecule is Cc1cccc(Br)c1[C@H](N)CC#N. The molecule has 0 amide bonds. The molecule has 0 radical (unpaired) electrons. The van der Waals surface area contributed by atoms with Gasteiger partial charge in [0, 0.05) is 10.5 Å². The molecule has 0 aliphatic heterocycles. The quantitative estimate of drug-likeness (QED) is 0.862. The number of nitrogens with zero attached hydrogens (tertiary/aromatic N) is 1. The number of aryl methyl sites for hydroxylation is 1. The van der Waals surface area contributed by atoms with Gasteiger partial charge in [0.25, 0.3) is 0 Å². The van der Waals surface area contributed by atoms with E-state index in [4.69, 9.17) is 11.0 Å². The van der Waals surface area contributed by atoms with Gasteiger partial charge in [0.1, 0.15) is 0 Å². The highest BCUT2D eigenvalue weighted by Crippen LogP contribution is 2.26. The molecule has 2 N–H and O–H groups in total. The van der Waals surface area contributed by atoms with E-state index in [1.54, 1.807) is 0 Å². The summed E-state index contributed by atoms with van der Waals surface area (Å²) < 4.78 is 0.982. The van der Waals surface area contributed by atoms with Crippen molar-refractivity contribution >= 4 is 15.9 Å². The molecule has 0 spiro atoms. The van der Waals surface area contributed by atoms with Crippen LogP contribution in [0.25, 0.3) is 0 Å². The topological polar surface area (TPSA) is 49.8 Å². The lowest BCUT2D eigenvalue weighted by molar-refractivity contribution is 0.738. The lowest BCUT2D eigenvalue weighted by atomic mass is 10.0. The summed E-state index contributed by atoms with van der Waals surface area (Å²) in [5, 5.41) is 8.53. The molecule has 13 heavy (non-hydrogen) atoms. The molecular formula is C10H11BrN2. The second-order valence-electron chi connectivity index (χ2n) is 2.94. The van der Waals surface area contributed by atoms with Crippen LogP contribution in [0.15, 0.2) is 22.7 Å². The second kappa shape index (κ2) is 4.40. The maximum atomic E-state index is 8.53. The van der Waals surface area contributed by atoms with Crippen molar-refractivity contribution in [3.05, 3.63) is 33.8 Å². The van der Waals surface area contributed by atoms with Crippen molar-refractivity contribution in [3.63, 3.8) is 0 Å². The third kappa shape index (κ3) is 2.30. The molecule has 2 nitrogen and oxygen atoms in total. The van der Waals surface area contributed by atoms with E-state index in [0.29, 0.717) is 6.42 Å². The molecule has 1 aromatic carbocycles. The van der Waals surface area contributed by atoms with Gasteiger partial charge in [-0.15, -0.1) is 0 Å². The van der Waals surface area contributed by atoms with Gasteiger partial charge in [-0.25, -0.2) is 0 Å². The fourth-order valence-corrected chi connectivity index (χ4v) is 2.07. The van der Waals surface area contributed by atoms with Gasteiger partial charge in [-0.2, -0.15) is 5.26 Å². The van der Waals surface area contributed by atoms with Crippen LogP contribution in [-0.4, -0.2) is 0 Å². The maximum Gasteiger partial charge on any atom is 0.0641 e. The van der Waals surface area contributed by atoms with Crippen LogP contribution in [0.3, 0.4) is 0 Å². The number of hydrogen-bond acceptors (Lipinski definition) is 2. The third-order valence-electron chi connectivity index (χ3n) is 1.95. The fraction of sp³-hybridized carbons (Fsp3) is 0.300. The smallest absolute Gasteiger partial charge is 0.0641 e. The van der Waals surface area contributed by atoms with Crippen molar-refractivity contribution in [2.75, 3.05) is 0 Å². The average Bonchev–Trinajstić information content (AvgIpc) is 2.04. The molecule has 0 aliphatic rings. The van der Waals surface area contributed by atoms with Crippen LogP contribution in [0.1, 0.15) is 23.6 Å². The zero-order valence-corrected chi connectivity index (χ0v) is 9.01. The predicted octanol–water partition coefficient (Wildman–Crippen LogP) is 2.67. The second-order valence-corrected chi connectivity index (χ2v) is 3.79. The van der Waals surface area contributed by atoms with Crippen molar-refractivity contribution in [1.82, 2.24) is 0 Å². The Morgan fingerprint density at radius 3 is 2.85 bits per heavy atom. The van der Waals surface area contributed by atoms with Gasteiger partial charge in [-0.1, -0.05) is 28.1 Å². The zero-order valence-electron chi connectivity index (χ0n) is 7.42. The van der Waals surface area contributed by atoms with Gasteiger partial charge < -0.3 is 5.73 Å². The highest BCUT2D eigenvalue weighted by molar-refractivity contribution is 9.10. The Balaban J connectivity index is 3.06. The van der Waals surface area contributed by atoms with Gasteiger partial charge in [0.05, 0.1) is 12.5 Å². The zero-order chi connectivity index (χ0) is 9.84. The first kappa shape index (κ1) is 10.2. The minimum atomic E-state index is -0.194. The first-order valence-electron chi connectivity index (χ1n) is 4.04. The molecule has 0 bridgehead atoms. The molecule has 0 fully saturated rings. The summed E-state index contributed by atoms with van der Waals surface area (Å²) >= 11 is 3.43. The Bertz CT molecular complexity index is 321. The Morgan fingerprint density at radius 2 is 2.31 bits per heavy atom. The Morgan fingerprint density at radius 1 is 1.62 bits per heavy atom. The van der Waals surface area contributed by atoms with Crippen molar-refractivity contribution in [3.8, 4) is 6.07 Å². The van der Waals surface area contributed by atoms with Gasteiger partial charge in [-0.3, -0.25) is 0 Å². The molecule has 0 saturated heterocycles. The van der Waals surface area contributed by atoms with Crippen LogP contribution in [0.2, 0.25) is 0 Å². The van der Waals surface area contributed by atoms with Gasteiger partial charge >= 0.3 is 0 Å². The number of hydrogen-bond donors (Lipinski definition) is 1. The van der Waals surface area contributed by atoms with Crippen molar-refractivity contribution in [1.29, 1.82) is 5.26 Å². The van der Waals surface area contributed by atoms with Gasteiger partial charge in [0.2, 0.25) is 0 Å². The van der Waals surface area contributed by atoms with E-state index in [9.17, 15) is 0 Å². The summed E-state index contributed by atoms with van der Waals surface area (Å²) in [6, 6.07) is 7.78. The molecule has 1 rings (SSSR count).